The molecule has 0 aliphatic carbocycles. The fourth-order valence-corrected chi connectivity index (χ4v) is 5.67. The molecule has 12 heteroatoms. The Morgan fingerprint density at radius 1 is 1.27 bits per heavy atom. The number of likely N-dealkylation sites (N-methyl/N-ethyl adjacent to an activating group) is 2. The van der Waals surface area contributed by atoms with E-state index in [1.54, 1.807) is 25.5 Å². The lowest BCUT2D eigenvalue weighted by Crippen LogP contribution is -2.28. The molecular formula is C32H39N9O3. The first kappa shape index (κ1) is 30.5. The van der Waals surface area contributed by atoms with Crippen molar-refractivity contribution in [3.8, 4) is 17.0 Å². The molecule has 0 atom stereocenters. The molecule has 12 nitrogen and oxygen atoms in total. The van der Waals surface area contributed by atoms with Gasteiger partial charge in [0.25, 0.3) is 5.69 Å². The van der Waals surface area contributed by atoms with Crippen LogP contribution in [0.15, 0.2) is 53.4 Å². The average Bonchev–Trinajstić information content (AvgIpc) is 3.38. The number of aromatic nitrogens is 3. The number of allylic oxidation sites excluding steroid dienone is 2. The van der Waals surface area contributed by atoms with Gasteiger partial charge in [-0.2, -0.15) is 0 Å². The number of anilines is 3. The molecule has 0 amide bonds. The molecule has 2 aromatic carbocycles. The molecule has 3 heterocycles. The Kier molecular flexibility index (Phi) is 8.81. The zero-order valence-corrected chi connectivity index (χ0v) is 26.1. The molecule has 0 spiro atoms. The van der Waals surface area contributed by atoms with Gasteiger partial charge in [-0.1, -0.05) is 18.2 Å². The number of para-hydroxylation sites is 1. The van der Waals surface area contributed by atoms with Gasteiger partial charge in [0.1, 0.15) is 11.4 Å². The van der Waals surface area contributed by atoms with E-state index in [9.17, 15) is 10.1 Å². The number of rotatable bonds is 11. The number of hydrogen-bond donors (Lipinski definition) is 2. The van der Waals surface area contributed by atoms with Crippen molar-refractivity contribution < 1.29 is 9.66 Å². The Morgan fingerprint density at radius 3 is 2.75 bits per heavy atom. The zero-order chi connectivity index (χ0) is 31.5. The zero-order valence-electron chi connectivity index (χ0n) is 26.1. The first-order chi connectivity index (χ1) is 21.1. The Morgan fingerprint density at radius 2 is 2.07 bits per heavy atom. The van der Waals surface area contributed by atoms with E-state index in [1.807, 2.05) is 37.9 Å². The second kappa shape index (κ2) is 12.7. The lowest BCUT2D eigenvalue weighted by molar-refractivity contribution is -0.384. The van der Waals surface area contributed by atoms with Crippen molar-refractivity contribution in [2.75, 3.05) is 58.6 Å². The second-order valence-electron chi connectivity index (χ2n) is 11.2. The summed E-state index contributed by atoms with van der Waals surface area (Å²) in [6.45, 7) is 4.08. The first-order valence-corrected chi connectivity index (χ1v) is 14.5. The summed E-state index contributed by atoms with van der Waals surface area (Å²) < 4.78 is 7.97. The molecule has 0 bridgehead atoms. The number of nitro benzene ring substituents is 1. The molecule has 1 aliphatic rings. The van der Waals surface area contributed by atoms with Crippen LogP contribution in [0.3, 0.4) is 0 Å². The highest BCUT2D eigenvalue weighted by molar-refractivity contribution is 6.14. The molecule has 0 unspecified atom stereocenters. The molecule has 2 aromatic heterocycles. The fraction of sp³-hybridized carbons (Fsp3) is 0.344. The van der Waals surface area contributed by atoms with E-state index < -0.39 is 0 Å². The molecule has 1 aliphatic heterocycles. The van der Waals surface area contributed by atoms with Gasteiger partial charge in [-0.25, -0.2) is 9.97 Å². The normalized spacial score (nSPS) is 13.4. The standard InChI is InChI=1S/C32H39N9O3/c1-20(33)23(17-34-2)24-18-35-32(37-30(24)25-19-40-12-8-10-21-9-7-11-22(25)31(21)40)36-26-15-28(41(42)43)27(16-29(26)44-6)39(5)14-13-38(3)4/h7,9,11,15-19H,8,10,12-14,33H2,1-6H3,(H,35,36,37). The Balaban J connectivity index is 1.65. The van der Waals surface area contributed by atoms with Crippen molar-refractivity contribution in [1.82, 2.24) is 19.4 Å². The number of nitro groups is 1. The topological polar surface area (TPSA) is 140 Å². The van der Waals surface area contributed by atoms with Gasteiger partial charge in [0.05, 0.1) is 28.9 Å². The van der Waals surface area contributed by atoms with Gasteiger partial charge in [0, 0.05) is 92.3 Å². The third-order valence-electron chi connectivity index (χ3n) is 7.88. The molecule has 0 radical (unpaired) electrons. The van der Waals surface area contributed by atoms with Gasteiger partial charge >= 0.3 is 0 Å². The largest absolute Gasteiger partial charge is 0.494 e. The number of nitrogens with zero attached hydrogens (tertiary/aromatic N) is 7. The summed E-state index contributed by atoms with van der Waals surface area (Å²) in [7, 11) is 8.98. The van der Waals surface area contributed by atoms with Gasteiger partial charge in [-0.15, -0.1) is 0 Å². The Bertz CT molecular complexity index is 1770. The number of aryl methyl sites for hydroxylation is 2. The molecule has 0 saturated carbocycles. The summed E-state index contributed by atoms with van der Waals surface area (Å²) in [5.74, 6) is 0.694. The van der Waals surface area contributed by atoms with E-state index in [1.165, 1.54) is 24.3 Å². The smallest absolute Gasteiger partial charge is 0.294 e. The fourth-order valence-electron chi connectivity index (χ4n) is 5.67. The van der Waals surface area contributed by atoms with Crippen molar-refractivity contribution in [3.05, 3.63) is 69.7 Å². The van der Waals surface area contributed by atoms with E-state index in [-0.39, 0.29) is 16.6 Å². The lowest BCUT2D eigenvalue weighted by Gasteiger charge is -2.23. The van der Waals surface area contributed by atoms with E-state index >= 15 is 0 Å². The van der Waals surface area contributed by atoms with Crippen LogP contribution in [-0.4, -0.2) is 79.0 Å². The van der Waals surface area contributed by atoms with Crippen LogP contribution in [-0.2, 0) is 13.0 Å². The van der Waals surface area contributed by atoms with Gasteiger partial charge in [-0.3, -0.25) is 15.1 Å². The summed E-state index contributed by atoms with van der Waals surface area (Å²) in [5.41, 5.74) is 13.3. The summed E-state index contributed by atoms with van der Waals surface area (Å²) in [4.78, 5) is 29.5. The predicted octanol–water partition coefficient (Wildman–Crippen LogP) is 5.09. The third kappa shape index (κ3) is 5.93. The van der Waals surface area contributed by atoms with Crippen LogP contribution < -0.4 is 20.7 Å². The molecule has 3 N–H and O–H groups in total. The number of methoxy groups -OCH3 is 1. The maximum Gasteiger partial charge on any atom is 0.294 e. The van der Waals surface area contributed by atoms with Crippen molar-refractivity contribution in [2.45, 2.75) is 26.3 Å². The third-order valence-corrected chi connectivity index (χ3v) is 7.88. The highest BCUT2D eigenvalue weighted by Gasteiger charge is 2.25. The van der Waals surface area contributed by atoms with E-state index in [0.29, 0.717) is 35.1 Å². The molecule has 0 fully saturated rings. The molecule has 230 valence electrons. The van der Waals surface area contributed by atoms with Gasteiger partial charge < -0.3 is 30.2 Å². The van der Waals surface area contributed by atoms with Crippen molar-refractivity contribution in [1.29, 1.82) is 0 Å². The van der Waals surface area contributed by atoms with Gasteiger partial charge in [-0.05, 0) is 39.4 Å². The first-order valence-electron chi connectivity index (χ1n) is 14.5. The summed E-state index contributed by atoms with van der Waals surface area (Å²) >= 11 is 0. The molecule has 0 saturated heterocycles. The summed E-state index contributed by atoms with van der Waals surface area (Å²) in [5, 5.41) is 16.5. The van der Waals surface area contributed by atoms with Crippen LogP contribution in [0.25, 0.3) is 27.7 Å². The molecule has 44 heavy (non-hydrogen) atoms. The van der Waals surface area contributed by atoms with Crippen molar-refractivity contribution in [2.24, 2.45) is 10.7 Å². The van der Waals surface area contributed by atoms with E-state index in [2.05, 4.69) is 44.3 Å². The van der Waals surface area contributed by atoms with Crippen molar-refractivity contribution >= 4 is 45.7 Å². The van der Waals surface area contributed by atoms with Gasteiger partial charge in [0.15, 0.2) is 0 Å². The van der Waals surface area contributed by atoms with Gasteiger partial charge in [0.2, 0.25) is 5.95 Å². The Labute approximate surface area is 257 Å². The van der Waals surface area contributed by atoms with Crippen LogP contribution in [0.5, 0.6) is 5.75 Å². The van der Waals surface area contributed by atoms with E-state index in [4.69, 9.17) is 15.5 Å². The number of nitrogens with two attached hydrogens (primary N) is 1. The number of ether oxygens (including phenoxy) is 1. The highest BCUT2D eigenvalue weighted by Crippen LogP contribution is 2.41. The second-order valence-corrected chi connectivity index (χ2v) is 11.2. The molecule has 4 aromatic rings. The lowest BCUT2D eigenvalue weighted by atomic mass is 9.98. The minimum Gasteiger partial charge on any atom is -0.494 e. The minimum absolute atomic E-state index is 0.0523. The van der Waals surface area contributed by atoms with E-state index in [0.717, 1.165) is 48.0 Å². The quantitative estimate of drug-likeness (QED) is 0.137. The van der Waals surface area contributed by atoms with Crippen LogP contribution >= 0.6 is 0 Å². The molecular weight excluding hydrogens is 558 g/mol. The maximum absolute atomic E-state index is 12.2. The summed E-state index contributed by atoms with van der Waals surface area (Å²) in [6.07, 6.45) is 7.66. The predicted molar refractivity (Wildman–Crippen MR) is 177 cm³/mol. The minimum atomic E-state index is -0.388. The van der Waals surface area contributed by atoms with Crippen molar-refractivity contribution in [3.63, 3.8) is 0 Å². The number of hydrogen-bond acceptors (Lipinski definition) is 10. The Hall–Kier alpha value is -4.97. The number of nitrogens with one attached hydrogen (secondary N) is 1. The van der Waals surface area contributed by atoms with Crippen LogP contribution in [0.2, 0.25) is 0 Å². The number of benzene rings is 2. The molecule has 5 rings (SSSR count). The number of aliphatic imine (C=N–C) groups is 1. The average molecular weight is 598 g/mol. The van der Waals surface area contributed by atoms with Crippen LogP contribution in [0, 0.1) is 10.1 Å². The maximum atomic E-state index is 12.2. The summed E-state index contributed by atoms with van der Waals surface area (Å²) in [6, 6.07) is 9.51. The van der Waals surface area contributed by atoms with Crippen LogP contribution in [0.1, 0.15) is 24.5 Å². The van der Waals surface area contributed by atoms with Crippen LogP contribution in [0.4, 0.5) is 23.0 Å². The monoisotopic (exact) mass is 597 g/mol. The SMILES string of the molecule is CN=CC(=C(C)N)c1cnc(Nc2cc([N+](=O)[O-])c(N(C)CCN(C)C)cc2OC)nc1-c1cn2c3c(cccc13)CCC2. The highest BCUT2D eigenvalue weighted by atomic mass is 16.6.